The normalized spacial score (nSPS) is 14.7. The van der Waals surface area contributed by atoms with E-state index in [2.05, 4.69) is 45.4 Å². The standard InChI is InChI=1S/C22H28ClN3O2/c1-28-21-17-18(23)9-10-20(21)22(27)24-11-5-6-12-25-13-15-26(16-14-25)19-7-3-2-4-8-19/h2-4,7-10,17H,5-6,11-16H2,1H3,(H,24,27). The van der Waals surface area contributed by atoms with Crippen molar-refractivity contribution in [2.75, 3.05) is 51.3 Å². The first-order chi connectivity index (χ1) is 13.7. The summed E-state index contributed by atoms with van der Waals surface area (Å²) in [4.78, 5) is 17.3. The molecule has 1 heterocycles. The van der Waals surface area contributed by atoms with Crippen LogP contribution < -0.4 is 15.0 Å². The van der Waals surface area contributed by atoms with E-state index in [9.17, 15) is 4.79 Å². The molecule has 3 rings (SSSR count). The van der Waals surface area contributed by atoms with Crippen molar-refractivity contribution in [3.8, 4) is 5.75 Å². The number of nitrogens with zero attached hydrogens (tertiary/aromatic N) is 2. The third-order valence-electron chi connectivity index (χ3n) is 5.09. The SMILES string of the molecule is COc1cc(Cl)ccc1C(=O)NCCCCN1CCN(c2ccccc2)CC1. The molecule has 0 spiro atoms. The summed E-state index contributed by atoms with van der Waals surface area (Å²) in [6.07, 6.45) is 2.03. The number of methoxy groups -OCH3 is 1. The fourth-order valence-electron chi connectivity index (χ4n) is 3.48. The fraction of sp³-hybridized carbons (Fsp3) is 0.409. The van der Waals surface area contributed by atoms with Gasteiger partial charge in [-0.3, -0.25) is 9.69 Å². The highest BCUT2D eigenvalue weighted by Gasteiger charge is 2.16. The maximum Gasteiger partial charge on any atom is 0.255 e. The summed E-state index contributed by atoms with van der Waals surface area (Å²) < 4.78 is 5.24. The number of benzene rings is 2. The minimum absolute atomic E-state index is 0.120. The summed E-state index contributed by atoms with van der Waals surface area (Å²) in [6.45, 7) is 6.04. The predicted octanol–water partition coefficient (Wildman–Crippen LogP) is 3.68. The Morgan fingerprint density at radius 2 is 1.82 bits per heavy atom. The molecule has 0 atom stereocenters. The highest BCUT2D eigenvalue weighted by Crippen LogP contribution is 2.23. The van der Waals surface area contributed by atoms with Crippen molar-refractivity contribution in [3.05, 3.63) is 59.1 Å². The lowest BCUT2D eigenvalue weighted by atomic mass is 10.2. The summed E-state index contributed by atoms with van der Waals surface area (Å²) in [5.74, 6) is 0.381. The van der Waals surface area contributed by atoms with Crippen molar-refractivity contribution in [2.24, 2.45) is 0 Å². The molecule has 1 saturated heterocycles. The largest absolute Gasteiger partial charge is 0.496 e. The van der Waals surface area contributed by atoms with Crippen LogP contribution in [0.4, 0.5) is 5.69 Å². The lowest BCUT2D eigenvalue weighted by Gasteiger charge is -2.36. The van der Waals surface area contributed by atoms with Crippen molar-refractivity contribution in [3.63, 3.8) is 0 Å². The maximum absolute atomic E-state index is 12.3. The van der Waals surface area contributed by atoms with E-state index in [0.717, 1.165) is 45.6 Å². The van der Waals surface area contributed by atoms with Crippen LogP contribution in [0.1, 0.15) is 23.2 Å². The number of amides is 1. The number of anilines is 1. The maximum atomic E-state index is 12.3. The number of nitrogens with one attached hydrogen (secondary N) is 1. The Bertz CT molecular complexity index is 762. The number of carbonyl (C=O) groups excluding carboxylic acids is 1. The Morgan fingerprint density at radius 3 is 2.54 bits per heavy atom. The first kappa shape index (κ1) is 20.5. The molecule has 1 fully saturated rings. The topological polar surface area (TPSA) is 44.8 Å². The van der Waals surface area contributed by atoms with Gasteiger partial charge >= 0.3 is 0 Å². The molecule has 2 aromatic carbocycles. The Labute approximate surface area is 172 Å². The average Bonchev–Trinajstić information content (AvgIpc) is 2.74. The average molecular weight is 402 g/mol. The van der Waals surface area contributed by atoms with Gasteiger partial charge in [0.1, 0.15) is 5.75 Å². The van der Waals surface area contributed by atoms with E-state index < -0.39 is 0 Å². The van der Waals surface area contributed by atoms with Gasteiger partial charge in [0.2, 0.25) is 0 Å². The van der Waals surface area contributed by atoms with Gasteiger partial charge in [-0.05, 0) is 49.7 Å². The van der Waals surface area contributed by atoms with Crippen molar-refractivity contribution in [2.45, 2.75) is 12.8 Å². The van der Waals surface area contributed by atoms with E-state index in [4.69, 9.17) is 16.3 Å². The van der Waals surface area contributed by atoms with Gasteiger partial charge in [-0.1, -0.05) is 29.8 Å². The van der Waals surface area contributed by atoms with Crippen molar-refractivity contribution in [1.29, 1.82) is 0 Å². The van der Waals surface area contributed by atoms with Crippen molar-refractivity contribution < 1.29 is 9.53 Å². The van der Waals surface area contributed by atoms with Crippen LogP contribution in [-0.2, 0) is 0 Å². The molecule has 5 nitrogen and oxygen atoms in total. The summed E-state index contributed by atoms with van der Waals surface area (Å²) in [7, 11) is 1.54. The highest BCUT2D eigenvalue weighted by atomic mass is 35.5. The van der Waals surface area contributed by atoms with E-state index in [1.54, 1.807) is 25.3 Å². The lowest BCUT2D eigenvalue weighted by Crippen LogP contribution is -2.46. The second kappa shape index (κ2) is 10.3. The molecule has 1 N–H and O–H groups in total. The minimum atomic E-state index is -0.120. The number of unbranched alkanes of at least 4 members (excludes halogenated alkanes) is 1. The first-order valence-corrected chi connectivity index (χ1v) is 10.2. The van der Waals surface area contributed by atoms with Gasteiger partial charge in [0.15, 0.2) is 0 Å². The Hall–Kier alpha value is -2.24. The third kappa shape index (κ3) is 5.63. The first-order valence-electron chi connectivity index (χ1n) is 9.81. The second-order valence-corrected chi connectivity index (χ2v) is 7.41. The molecule has 2 aromatic rings. The van der Waals surface area contributed by atoms with Crippen molar-refractivity contribution >= 4 is 23.2 Å². The van der Waals surface area contributed by atoms with E-state index in [1.165, 1.54) is 5.69 Å². The molecule has 0 aromatic heterocycles. The number of ether oxygens (including phenoxy) is 1. The number of piperazine rings is 1. The number of halogens is 1. The number of para-hydroxylation sites is 1. The van der Waals surface area contributed by atoms with Crippen LogP contribution in [0.25, 0.3) is 0 Å². The van der Waals surface area contributed by atoms with Crippen LogP contribution in [0, 0.1) is 0 Å². The summed E-state index contributed by atoms with van der Waals surface area (Å²) in [5.41, 5.74) is 1.83. The lowest BCUT2D eigenvalue weighted by molar-refractivity contribution is 0.0949. The van der Waals surface area contributed by atoms with E-state index in [1.807, 2.05) is 0 Å². The molecule has 0 radical (unpaired) electrons. The molecule has 1 amide bonds. The number of carbonyl (C=O) groups is 1. The zero-order valence-electron chi connectivity index (χ0n) is 16.4. The van der Waals surface area contributed by atoms with Gasteiger partial charge in [-0.25, -0.2) is 0 Å². The molecule has 28 heavy (non-hydrogen) atoms. The smallest absolute Gasteiger partial charge is 0.255 e. The second-order valence-electron chi connectivity index (χ2n) is 6.97. The van der Waals surface area contributed by atoms with Crippen LogP contribution in [0.3, 0.4) is 0 Å². The van der Waals surface area contributed by atoms with Crippen molar-refractivity contribution in [1.82, 2.24) is 10.2 Å². The zero-order valence-corrected chi connectivity index (χ0v) is 17.1. The van der Waals surface area contributed by atoms with Gasteiger partial charge in [0.05, 0.1) is 12.7 Å². The molecule has 0 saturated carbocycles. The molecule has 0 bridgehead atoms. The molecule has 1 aliphatic heterocycles. The zero-order chi connectivity index (χ0) is 19.8. The third-order valence-corrected chi connectivity index (χ3v) is 5.32. The van der Waals surface area contributed by atoms with E-state index in [0.29, 0.717) is 22.9 Å². The van der Waals surface area contributed by atoms with E-state index in [-0.39, 0.29) is 5.91 Å². The van der Waals surface area contributed by atoms with Crippen LogP contribution >= 0.6 is 11.6 Å². The van der Waals surface area contributed by atoms with Crippen LogP contribution in [-0.4, -0.2) is 57.2 Å². The Morgan fingerprint density at radius 1 is 1.07 bits per heavy atom. The fourth-order valence-corrected chi connectivity index (χ4v) is 3.64. The summed E-state index contributed by atoms with van der Waals surface area (Å²) in [5, 5.41) is 3.53. The van der Waals surface area contributed by atoms with Gasteiger partial charge in [0.25, 0.3) is 5.91 Å². The predicted molar refractivity (Wildman–Crippen MR) is 115 cm³/mol. The molecule has 6 heteroatoms. The molecule has 0 aliphatic carbocycles. The number of hydrogen-bond donors (Lipinski definition) is 1. The highest BCUT2D eigenvalue weighted by molar-refractivity contribution is 6.30. The van der Waals surface area contributed by atoms with Crippen LogP contribution in [0.2, 0.25) is 5.02 Å². The molecular weight excluding hydrogens is 374 g/mol. The number of hydrogen-bond acceptors (Lipinski definition) is 4. The molecular formula is C22H28ClN3O2. The number of rotatable bonds is 8. The summed E-state index contributed by atoms with van der Waals surface area (Å²) in [6, 6.07) is 15.6. The minimum Gasteiger partial charge on any atom is -0.496 e. The van der Waals surface area contributed by atoms with Crippen LogP contribution in [0.5, 0.6) is 5.75 Å². The van der Waals surface area contributed by atoms with Gasteiger partial charge in [-0.2, -0.15) is 0 Å². The quantitative estimate of drug-likeness (QED) is 0.685. The van der Waals surface area contributed by atoms with Gasteiger partial charge in [0, 0.05) is 43.4 Å². The molecule has 0 unspecified atom stereocenters. The Kier molecular flexibility index (Phi) is 7.57. The summed E-state index contributed by atoms with van der Waals surface area (Å²) >= 11 is 5.94. The van der Waals surface area contributed by atoms with Gasteiger partial charge in [-0.15, -0.1) is 0 Å². The monoisotopic (exact) mass is 401 g/mol. The van der Waals surface area contributed by atoms with Gasteiger partial charge < -0.3 is 15.0 Å². The Balaban J connectivity index is 1.33. The van der Waals surface area contributed by atoms with Crippen LogP contribution in [0.15, 0.2) is 48.5 Å². The van der Waals surface area contributed by atoms with E-state index >= 15 is 0 Å². The molecule has 1 aliphatic rings. The molecule has 150 valence electrons.